The number of ether oxygens (including phenoxy) is 1. The molecule has 1 aromatic rings. The van der Waals surface area contributed by atoms with E-state index in [2.05, 4.69) is 10.2 Å². The molecule has 0 unspecified atom stereocenters. The summed E-state index contributed by atoms with van der Waals surface area (Å²) in [5.41, 5.74) is 0. The number of rotatable bonds is 5. The molecule has 0 N–H and O–H groups in total. The lowest BCUT2D eigenvalue weighted by Crippen LogP contribution is -2.30. The van der Waals surface area contributed by atoms with Gasteiger partial charge in [-0.15, -0.1) is 10.2 Å². The second-order valence-electron chi connectivity index (χ2n) is 5.27. The van der Waals surface area contributed by atoms with Crippen molar-refractivity contribution in [1.82, 2.24) is 10.2 Å². The monoisotopic (exact) mass is 313 g/mol. The fourth-order valence-electron chi connectivity index (χ4n) is 2.34. The fourth-order valence-corrected chi connectivity index (χ4v) is 4.39. The van der Waals surface area contributed by atoms with Crippen molar-refractivity contribution in [3.63, 3.8) is 0 Å². The number of anilines is 1. The zero-order valence-corrected chi connectivity index (χ0v) is 13.2. The molecule has 7 heteroatoms. The zero-order valence-electron chi connectivity index (χ0n) is 11.6. The molecule has 20 heavy (non-hydrogen) atoms. The van der Waals surface area contributed by atoms with E-state index in [9.17, 15) is 4.79 Å². The summed E-state index contributed by atoms with van der Waals surface area (Å²) in [7, 11) is 0. The quantitative estimate of drug-likeness (QED) is 0.618. The molecule has 0 aromatic carbocycles. The molecular weight excluding hydrogens is 294 g/mol. The number of hydrogen-bond acceptors (Lipinski definition) is 6. The van der Waals surface area contributed by atoms with Crippen molar-refractivity contribution < 1.29 is 9.53 Å². The van der Waals surface area contributed by atoms with Crippen molar-refractivity contribution in [2.24, 2.45) is 0 Å². The maximum atomic E-state index is 11.7. The first-order valence-electron chi connectivity index (χ1n) is 7.12. The molecule has 0 spiro atoms. The summed E-state index contributed by atoms with van der Waals surface area (Å²) >= 11 is 3.21. The van der Waals surface area contributed by atoms with Gasteiger partial charge in [-0.1, -0.05) is 23.1 Å². The molecule has 1 saturated heterocycles. The summed E-state index contributed by atoms with van der Waals surface area (Å²) in [6, 6.07) is 0.347. The number of nitrogens with zero attached hydrogens (tertiary/aromatic N) is 3. The molecule has 2 fully saturated rings. The Labute approximate surface area is 127 Å². The zero-order chi connectivity index (χ0) is 13.9. The first-order valence-corrected chi connectivity index (χ1v) is 8.92. The molecule has 0 bridgehead atoms. The van der Waals surface area contributed by atoms with E-state index in [4.69, 9.17) is 4.74 Å². The van der Waals surface area contributed by atoms with Crippen molar-refractivity contribution in [3.05, 3.63) is 0 Å². The van der Waals surface area contributed by atoms with Crippen molar-refractivity contribution in [2.75, 3.05) is 17.3 Å². The Kier molecular flexibility index (Phi) is 4.58. The van der Waals surface area contributed by atoms with Gasteiger partial charge in [0, 0.05) is 25.3 Å². The number of aromatic nitrogens is 2. The Morgan fingerprint density at radius 2 is 2.25 bits per heavy atom. The van der Waals surface area contributed by atoms with Crippen LogP contribution >= 0.6 is 23.1 Å². The van der Waals surface area contributed by atoms with Gasteiger partial charge in [0.25, 0.3) is 0 Å². The van der Waals surface area contributed by atoms with E-state index in [1.807, 2.05) is 0 Å². The van der Waals surface area contributed by atoms with Crippen molar-refractivity contribution in [3.8, 4) is 0 Å². The largest absolute Gasteiger partial charge is 0.377 e. The van der Waals surface area contributed by atoms with E-state index in [0.29, 0.717) is 12.1 Å². The van der Waals surface area contributed by atoms with E-state index in [0.717, 1.165) is 41.1 Å². The van der Waals surface area contributed by atoms with Crippen molar-refractivity contribution >= 4 is 34.1 Å². The Morgan fingerprint density at radius 1 is 1.40 bits per heavy atom. The van der Waals surface area contributed by atoms with E-state index in [1.54, 1.807) is 23.6 Å². The summed E-state index contributed by atoms with van der Waals surface area (Å²) < 4.78 is 6.64. The Morgan fingerprint density at radius 3 is 2.90 bits per heavy atom. The summed E-state index contributed by atoms with van der Waals surface area (Å²) in [5.74, 6) is 0.994. The average molecular weight is 313 g/mol. The van der Waals surface area contributed by atoms with E-state index >= 15 is 0 Å². The third-order valence-corrected chi connectivity index (χ3v) is 5.71. The van der Waals surface area contributed by atoms with Crippen LogP contribution in [-0.4, -0.2) is 40.6 Å². The van der Waals surface area contributed by atoms with Crippen molar-refractivity contribution in [2.45, 2.75) is 55.5 Å². The lowest BCUT2D eigenvalue weighted by Gasteiger charge is -2.21. The Bertz CT molecular complexity index is 470. The van der Waals surface area contributed by atoms with Crippen molar-refractivity contribution in [1.29, 1.82) is 0 Å². The predicted octanol–water partition coefficient (Wildman–Crippen LogP) is 2.71. The van der Waals surface area contributed by atoms with Gasteiger partial charge in [-0.25, -0.2) is 0 Å². The number of carbonyl (C=O) groups is 1. The van der Waals surface area contributed by atoms with Gasteiger partial charge in [0.15, 0.2) is 4.34 Å². The number of carbonyl (C=O) groups excluding carboxylic acids is 1. The molecule has 1 aliphatic heterocycles. The molecule has 3 rings (SSSR count). The van der Waals surface area contributed by atoms with Gasteiger partial charge in [-0.3, -0.25) is 9.69 Å². The third kappa shape index (κ3) is 3.51. The summed E-state index contributed by atoms with van der Waals surface area (Å²) in [6.45, 7) is 2.48. The lowest BCUT2D eigenvalue weighted by atomic mass is 10.1. The first-order chi connectivity index (χ1) is 9.74. The molecule has 0 radical (unpaired) electrons. The highest BCUT2D eigenvalue weighted by Gasteiger charge is 2.34. The van der Waals surface area contributed by atoms with Gasteiger partial charge >= 0.3 is 0 Å². The van der Waals surface area contributed by atoms with Crippen LogP contribution in [0.3, 0.4) is 0 Å². The van der Waals surface area contributed by atoms with Gasteiger partial charge in [0.1, 0.15) is 0 Å². The highest BCUT2D eigenvalue weighted by Crippen LogP contribution is 2.36. The molecule has 1 amide bonds. The van der Waals surface area contributed by atoms with Gasteiger partial charge < -0.3 is 4.74 Å². The summed E-state index contributed by atoms with van der Waals surface area (Å²) in [6.07, 6.45) is 6.08. The molecule has 2 aliphatic rings. The van der Waals surface area contributed by atoms with Crippen LogP contribution < -0.4 is 4.90 Å². The number of thioether (sulfide) groups is 1. The van der Waals surface area contributed by atoms with Crippen LogP contribution in [-0.2, 0) is 9.53 Å². The van der Waals surface area contributed by atoms with Gasteiger partial charge in [-0.2, -0.15) is 0 Å². The highest BCUT2D eigenvalue weighted by molar-refractivity contribution is 8.01. The van der Waals surface area contributed by atoms with E-state index < -0.39 is 0 Å². The minimum Gasteiger partial charge on any atom is -0.377 e. The maximum absolute atomic E-state index is 11.7. The van der Waals surface area contributed by atoms with Gasteiger partial charge in [0.05, 0.1) is 6.10 Å². The standard InChI is InChI=1S/C13H19N3O2S2/c1-9(17)16(10-5-6-10)12-14-15-13(20-12)19-8-11-4-2-3-7-18-11/h10-11H,2-8H2,1H3/t11-/m1/s1. The molecule has 5 nitrogen and oxygen atoms in total. The van der Waals surface area contributed by atoms with Crippen LogP contribution in [0, 0.1) is 0 Å². The predicted molar refractivity (Wildman–Crippen MR) is 80.4 cm³/mol. The second kappa shape index (κ2) is 6.41. The van der Waals surface area contributed by atoms with Crippen LogP contribution in [0.5, 0.6) is 0 Å². The molecule has 1 atom stereocenters. The molecule has 1 saturated carbocycles. The summed E-state index contributed by atoms with van der Waals surface area (Å²) in [5, 5.41) is 9.11. The number of hydrogen-bond donors (Lipinski definition) is 0. The van der Waals surface area contributed by atoms with E-state index in [1.165, 1.54) is 24.2 Å². The summed E-state index contributed by atoms with van der Waals surface area (Å²) in [4.78, 5) is 13.5. The highest BCUT2D eigenvalue weighted by atomic mass is 32.2. The lowest BCUT2D eigenvalue weighted by molar-refractivity contribution is -0.116. The fraction of sp³-hybridized carbons (Fsp3) is 0.769. The average Bonchev–Trinajstić information content (AvgIpc) is 3.16. The van der Waals surface area contributed by atoms with Crippen LogP contribution in [0.25, 0.3) is 0 Å². The van der Waals surface area contributed by atoms with Crippen LogP contribution in [0.4, 0.5) is 5.13 Å². The smallest absolute Gasteiger partial charge is 0.225 e. The molecule has 110 valence electrons. The molecule has 1 aliphatic carbocycles. The van der Waals surface area contributed by atoms with Crippen LogP contribution in [0.15, 0.2) is 4.34 Å². The second-order valence-corrected chi connectivity index (χ2v) is 7.49. The minimum absolute atomic E-state index is 0.0656. The minimum atomic E-state index is 0.0656. The normalized spacial score (nSPS) is 22.8. The molecule has 1 aromatic heterocycles. The maximum Gasteiger partial charge on any atom is 0.225 e. The Hall–Kier alpha value is -0.660. The third-order valence-electron chi connectivity index (χ3n) is 3.52. The number of amides is 1. The van der Waals surface area contributed by atoms with Gasteiger partial charge in [0.2, 0.25) is 11.0 Å². The topological polar surface area (TPSA) is 55.3 Å². The Balaban J connectivity index is 1.57. The van der Waals surface area contributed by atoms with Crippen LogP contribution in [0.1, 0.15) is 39.0 Å². The SMILES string of the molecule is CC(=O)N(c1nnc(SC[C@H]2CCCCO2)s1)C1CC1. The molecular formula is C13H19N3O2S2. The van der Waals surface area contributed by atoms with Gasteiger partial charge in [-0.05, 0) is 32.1 Å². The molecule has 2 heterocycles. The van der Waals surface area contributed by atoms with E-state index in [-0.39, 0.29) is 5.91 Å². The van der Waals surface area contributed by atoms with Crippen LogP contribution in [0.2, 0.25) is 0 Å². The first kappa shape index (κ1) is 14.3.